The number of benzene rings is 2. The molecule has 0 aliphatic carbocycles. The number of anilines is 1. The Morgan fingerprint density at radius 2 is 1.68 bits per heavy atom. The van der Waals surface area contributed by atoms with E-state index in [2.05, 4.69) is 6.07 Å². The summed E-state index contributed by atoms with van der Waals surface area (Å²) in [7, 11) is 0. The maximum Gasteiger partial charge on any atom is 0.255 e. The van der Waals surface area contributed by atoms with E-state index in [-0.39, 0.29) is 17.2 Å². The first kappa shape index (κ1) is 16.2. The first-order valence-corrected chi connectivity index (χ1v) is 8.77. The summed E-state index contributed by atoms with van der Waals surface area (Å²) < 4.78 is 0. The fourth-order valence-corrected chi connectivity index (χ4v) is 4.23. The average Bonchev–Trinajstić information content (AvgIpc) is 2.58. The molecular weight excluding hydrogens is 336 g/mol. The van der Waals surface area contributed by atoms with Gasteiger partial charge in [-0.1, -0.05) is 41.9 Å². The number of amides is 2. The summed E-state index contributed by atoms with van der Waals surface area (Å²) in [5, 5.41) is 0.479. The van der Waals surface area contributed by atoms with Gasteiger partial charge in [0.15, 0.2) is 0 Å². The van der Waals surface area contributed by atoms with Gasteiger partial charge >= 0.3 is 0 Å². The molecule has 2 aromatic carbocycles. The molecule has 2 amide bonds. The number of rotatable bonds is 1. The molecule has 0 unspecified atom stereocenters. The third-order valence-corrected chi connectivity index (χ3v) is 5.50. The fraction of sp³-hybridized carbons (Fsp3) is 0.300. The van der Waals surface area contributed by atoms with Crippen LogP contribution in [-0.4, -0.2) is 36.3 Å². The monoisotopic (exact) mass is 354 g/mol. The minimum atomic E-state index is -0.0586. The van der Waals surface area contributed by atoms with Crippen LogP contribution in [0.3, 0.4) is 0 Å². The lowest BCUT2D eigenvalue weighted by Crippen LogP contribution is -2.65. The molecule has 0 atom stereocenters. The van der Waals surface area contributed by atoms with Crippen LogP contribution in [0.15, 0.2) is 48.5 Å². The SMILES string of the molecule is CC(=O)N1CC2(Cc3ccccc31)CN(C(=O)c1ccccc1Cl)C2. The molecule has 4 rings (SSSR count). The Balaban J connectivity index is 1.56. The van der Waals surface area contributed by atoms with Gasteiger partial charge in [-0.2, -0.15) is 0 Å². The number of carbonyl (C=O) groups is 2. The highest BCUT2D eigenvalue weighted by Gasteiger charge is 2.49. The van der Waals surface area contributed by atoms with Crippen LogP contribution in [0, 0.1) is 5.41 Å². The van der Waals surface area contributed by atoms with Gasteiger partial charge in [-0.25, -0.2) is 0 Å². The lowest BCUT2D eigenvalue weighted by atomic mass is 9.71. The molecule has 25 heavy (non-hydrogen) atoms. The second-order valence-corrected chi connectivity index (χ2v) is 7.46. The van der Waals surface area contributed by atoms with E-state index in [4.69, 9.17) is 11.6 Å². The van der Waals surface area contributed by atoms with Crippen LogP contribution in [0.4, 0.5) is 5.69 Å². The number of nitrogens with zero attached hydrogens (tertiary/aromatic N) is 2. The number of halogens is 1. The highest BCUT2D eigenvalue weighted by molar-refractivity contribution is 6.33. The summed E-state index contributed by atoms with van der Waals surface area (Å²) in [4.78, 5) is 28.5. The van der Waals surface area contributed by atoms with Crippen LogP contribution in [0.5, 0.6) is 0 Å². The van der Waals surface area contributed by atoms with E-state index in [1.165, 1.54) is 5.56 Å². The summed E-state index contributed by atoms with van der Waals surface area (Å²) in [6.45, 7) is 3.55. The van der Waals surface area contributed by atoms with E-state index < -0.39 is 0 Å². The summed E-state index contributed by atoms with van der Waals surface area (Å²) in [6, 6.07) is 15.2. The zero-order valence-electron chi connectivity index (χ0n) is 14.0. The number of carbonyl (C=O) groups excluding carboxylic acids is 2. The smallest absolute Gasteiger partial charge is 0.255 e. The van der Waals surface area contributed by atoms with Gasteiger partial charge in [-0.3, -0.25) is 9.59 Å². The Morgan fingerprint density at radius 1 is 1.00 bits per heavy atom. The average molecular weight is 355 g/mol. The third kappa shape index (κ3) is 2.71. The molecule has 0 radical (unpaired) electrons. The van der Waals surface area contributed by atoms with E-state index in [0.29, 0.717) is 30.2 Å². The first-order chi connectivity index (χ1) is 12.0. The van der Waals surface area contributed by atoms with Crippen molar-refractivity contribution in [1.82, 2.24) is 4.90 Å². The van der Waals surface area contributed by atoms with Crippen molar-refractivity contribution < 1.29 is 9.59 Å². The standard InChI is InChI=1S/C20H19ClN2O2/c1-14(24)23-13-20(10-15-6-2-5-9-18(15)23)11-22(12-20)19(25)16-7-3-4-8-17(16)21/h2-9H,10-13H2,1H3. The van der Waals surface area contributed by atoms with E-state index in [1.807, 2.05) is 40.1 Å². The van der Waals surface area contributed by atoms with Crippen molar-refractivity contribution in [2.24, 2.45) is 5.41 Å². The molecule has 4 nitrogen and oxygen atoms in total. The Bertz CT molecular complexity index is 858. The van der Waals surface area contributed by atoms with Gasteiger partial charge in [0.2, 0.25) is 5.91 Å². The fourth-order valence-electron chi connectivity index (χ4n) is 4.01. The second kappa shape index (κ2) is 5.88. The van der Waals surface area contributed by atoms with Crippen LogP contribution in [0.2, 0.25) is 5.02 Å². The lowest BCUT2D eigenvalue weighted by Gasteiger charge is -2.54. The Labute approximate surface area is 152 Å². The molecule has 5 heteroatoms. The quantitative estimate of drug-likeness (QED) is 0.787. The minimum Gasteiger partial charge on any atom is -0.337 e. The summed E-state index contributed by atoms with van der Waals surface area (Å²) in [5.74, 6) is 0.00636. The maximum atomic E-state index is 12.7. The molecule has 2 aliphatic heterocycles. The number of para-hydroxylation sites is 1. The summed E-state index contributed by atoms with van der Waals surface area (Å²) in [5.41, 5.74) is 2.65. The van der Waals surface area contributed by atoms with Gasteiger partial charge in [0, 0.05) is 37.7 Å². The molecule has 1 saturated heterocycles. The van der Waals surface area contributed by atoms with E-state index in [9.17, 15) is 9.59 Å². The topological polar surface area (TPSA) is 40.6 Å². The van der Waals surface area contributed by atoms with Crippen molar-refractivity contribution in [1.29, 1.82) is 0 Å². The third-order valence-electron chi connectivity index (χ3n) is 5.17. The highest BCUT2D eigenvalue weighted by atomic mass is 35.5. The Kier molecular flexibility index (Phi) is 3.80. The zero-order valence-corrected chi connectivity index (χ0v) is 14.8. The predicted octanol–water partition coefficient (Wildman–Crippen LogP) is 3.39. The Hall–Kier alpha value is -2.33. The molecule has 128 valence electrons. The van der Waals surface area contributed by atoms with Crippen LogP contribution in [0.25, 0.3) is 0 Å². The van der Waals surface area contributed by atoms with Crippen LogP contribution >= 0.6 is 11.6 Å². The van der Waals surface area contributed by atoms with Crippen molar-refractivity contribution >= 4 is 29.1 Å². The van der Waals surface area contributed by atoms with E-state index in [0.717, 1.165) is 12.1 Å². The van der Waals surface area contributed by atoms with Gasteiger partial charge < -0.3 is 9.80 Å². The van der Waals surface area contributed by atoms with Gasteiger partial charge in [0.05, 0.1) is 10.6 Å². The maximum absolute atomic E-state index is 12.7. The van der Waals surface area contributed by atoms with Gasteiger partial charge in [0.1, 0.15) is 0 Å². The number of fused-ring (bicyclic) bond motifs is 1. The molecule has 0 bridgehead atoms. The Morgan fingerprint density at radius 3 is 2.40 bits per heavy atom. The van der Waals surface area contributed by atoms with Gasteiger partial charge in [-0.05, 0) is 30.2 Å². The molecular formula is C20H19ClN2O2. The van der Waals surface area contributed by atoms with Crippen molar-refractivity contribution in [3.8, 4) is 0 Å². The molecule has 0 N–H and O–H groups in total. The number of hydrogen-bond donors (Lipinski definition) is 0. The van der Waals surface area contributed by atoms with Crippen molar-refractivity contribution in [3.63, 3.8) is 0 Å². The van der Waals surface area contributed by atoms with Gasteiger partial charge in [0.25, 0.3) is 5.91 Å². The first-order valence-electron chi connectivity index (χ1n) is 8.39. The predicted molar refractivity (Wildman–Crippen MR) is 98.0 cm³/mol. The molecule has 2 aliphatic rings. The van der Waals surface area contributed by atoms with Crippen LogP contribution in [0.1, 0.15) is 22.8 Å². The summed E-state index contributed by atoms with van der Waals surface area (Å²) >= 11 is 6.15. The van der Waals surface area contributed by atoms with E-state index in [1.54, 1.807) is 19.1 Å². The molecule has 1 fully saturated rings. The largest absolute Gasteiger partial charge is 0.337 e. The second-order valence-electron chi connectivity index (χ2n) is 7.05. The zero-order chi connectivity index (χ0) is 17.6. The normalized spacial score (nSPS) is 17.8. The molecule has 0 aromatic heterocycles. The number of hydrogen-bond acceptors (Lipinski definition) is 2. The molecule has 2 heterocycles. The number of likely N-dealkylation sites (tertiary alicyclic amines) is 1. The molecule has 2 aromatic rings. The van der Waals surface area contributed by atoms with Gasteiger partial charge in [-0.15, -0.1) is 0 Å². The van der Waals surface area contributed by atoms with Crippen molar-refractivity contribution in [2.45, 2.75) is 13.3 Å². The van der Waals surface area contributed by atoms with Crippen LogP contribution in [-0.2, 0) is 11.2 Å². The molecule has 1 spiro atoms. The van der Waals surface area contributed by atoms with Crippen LogP contribution < -0.4 is 4.90 Å². The minimum absolute atomic E-state index is 0.0375. The highest BCUT2D eigenvalue weighted by Crippen LogP contribution is 2.43. The van der Waals surface area contributed by atoms with Crippen molar-refractivity contribution in [2.75, 3.05) is 24.5 Å². The van der Waals surface area contributed by atoms with E-state index >= 15 is 0 Å². The molecule has 0 saturated carbocycles. The lowest BCUT2D eigenvalue weighted by molar-refractivity contribution is -0.117. The summed E-state index contributed by atoms with van der Waals surface area (Å²) in [6.07, 6.45) is 0.888. The van der Waals surface area contributed by atoms with Crippen molar-refractivity contribution in [3.05, 3.63) is 64.7 Å².